The van der Waals surface area contributed by atoms with Crippen molar-refractivity contribution in [2.75, 3.05) is 20.3 Å². The first kappa shape index (κ1) is 12.5. The molecule has 2 aliphatic heterocycles. The zero-order valence-electron chi connectivity index (χ0n) is 11.6. The molecule has 4 rings (SSSR count). The molecule has 21 heavy (non-hydrogen) atoms. The normalized spacial score (nSPS) is 15.3. The lowest BCUT2D eigenvalue weighted by molar-refractivity contribution is 0.324. The predicted molar refractivity (Wildman–Crippen MR) is 72.6 cm³/mol. The number of hydrogen-bond donors (Lipinski definition) is 1. The van der Waals surface area contributed by atoms with Crippen molar-refractivity contribution in [3.63, 3.8) is 0 Å². The first-order valence-electron chi connectivity index (χ1n) is 6.87. The number of fused-ring (bicyclic) bond motifs is 2. The van der Waals surface area contributed by atoms with Gasteiger partial charge in [0.25, 0.3) is 0 Å². The van der Waals surface area contributed by atoms with Crippen molar-refractivity contribution in [2.45, 2.75) is 19.4 Å². The Labute approximate surface area is 121 Å². The molecule has 2 aliphatic rings. The van der Waals surface area contributed by atoms with Crippen molar-refractivity contribution in [3.8, 4) is 28.6 Å². The van der Waals surface area contributed by atoms with Gasteiger partial charge in [-0.3, -0.25) is 0 Å². The number of aromatic nitrogens is 2. The fourth-order valence-corrected chi connectivity index (χ4v) is 2.96. The number of hydrogen-bond acceptors (Lipinski definition) is 7. The summed E-state index contributed by atoms with van der Waals surface area (Å²) in [4.78, 5) is 4.33. The van der Waals surface area contributed by atoms with Gasteiger partial charge in [-0.15, -0.1) is 0 Å². The summed E-state index contributed by atoms with van der Waals surface area (Å²) in [6.45, 7) is 1.44. The molecule has 0 spiro atoms. The average Bonchev–Trinajstić information content (AvgIpc) is 3.23. The maximum atomic E-state index is 5.81. The summed E-state index contributed by atoms with van der Waals surface area (Å²) in [5.74, 6) is 3.22. The minimum atomic E-state index is 0.213. The Hall–Kier alpha value is -2.28. The van der Waals surface area contributed by atoms with Crippen LogP contribution in [-0.2, 0) is 19.4 Å². The first-order chi connectivity index (χ1) is 10.3. The second-order valence-corrected chi connectivity index (χ2v) is 4.94. The van der Waals surface area contributed by atoms with Crippen molar-refractivity contribution in [1.29, 1.82) is 0 Å². The highest BCUT2D eigenvalue weighted by Crippen LogP contribution is 2.52. The molecular weight excluding hydrogens is 274 g/mol. The van der Waals surface area contributed by atoms with Gasteiger partial charge in [-0.2, -0.15) is 4.98 Å². The molecule has 0 saturated carbocycles. The van der Waals surface area contributed by atoms with Crippen LogP contribution in [0.3, 0.4) is 0 Å². The van der Waals surface area contributed by atoms with E-state index in [2.05, 4.69) is 10.1 Å². The second kappa shape index (κ2) is 4.63. The lowest BCUT2D eigenvalue weighted by Crippen LogP contribution is -1.98. The van der Waals surface area contributed by atoms with Crippen LogP contribution < -0.4 is 19.9 Å². The number of ether oxygens (including phenoxy) is 3. The molecule has 0 amide bonds. The van der Waals surface area contributed by atoms with Gasteiger partial charge in [0.05, 0.1) is 32.4 Å². The van der Waals surface area contributed by atoms with E-state index >= 15 is 0 Å². The summed E-state index contributed by atoms with van der Waals surface area (Å²) < 4.78 is 22.2. The molecule has 2 aromatic rings. The van der Waals surface area contributed by atoms with Crippen LogP contribution in [0.15, 0.2) is 4.52 Å². The van der Waals surface area contributed by atoms with Crippen LogP contribution >= 0.6 is 0 Å². The standard InChI is InChI=1S/C14H15N3O4/c1-18-12-8-3-5-19-11(8)10(7-2-4-20-13(7)12)14-16-9(6-15)21-17-14/h2-6,15H2,1H3. The maximum absolute atomic E-state index is 5.81. The van der Waals surface area contributed by atoms with E-state index in [-0.39, 0.29) is 6.54 Å². The van der Waals surface area contributed by atoms with Crippen molar-refractivity contribution >= 4 is 0 Å². The van der Waals surface area contributed by atoms with Gasteiger partial charge in [-0.1, -0.05) is 5.16 Å². The van der Waals surface area contributed by atoms with E-state index in [0.717, 1.165) is 46.8 Å². The average molecular weight is 289 g/mol. The summed E-state index contributed by atoms with van der Waals surface area (Å²) >= 11 is 0. The maximum Gasteiger partial charge on any atom is 0.240 e. The number of methoxy groups -OCH3 is 1. The van der Waals surface area contributed by atoms with E-state index in [1.165, 1.54) is 0 Å². The van der Waals surface area contributed by atoms with Crippen LogP contribution in [-0.4, -0.2) is 30.5 Å². The zero-order valence-corrected chi connectivity index (χ0v) is 11.6. The molecule has 0 radical (unpaired) electrons. The fraction of sp³-hybridized carbons (Fsp3) is 0.429. The smallest absolute Gasteiger partial charge is 0.240 e. The van der Waals surface area contributed by atoms with Gasteiger partial charge in [0.1, 0.15) is 5.75 Å². The third-order valence-electron chi connectivity index (χ3n) is 3.82. The molecule has 0 fully saturated rings. The summed E-state index contributed by atoms with van der Waals surface area (Å²) in [7, 11) is 1.65. The van der Waals surface area contributed by atoms with E-state index in [9.17, 15) is 0 Å². The summed E-state index contributed by atoms with van der Waals surface area (Å²) in [5.41, 5.74) is 8.40. The molecule has 0 unspecified atom stereocenters. The molecule has 0 aliphatic carbocycles. The molecule has 7 heteroatoms. The number of nitrogens with two attached hydrogens (primary N) is 1. The van der Waals surface area contributed by atoms with Crippen molar-refractivity contribution in [2.24, 2.45) is 5.73 Å². The number of rotatable bonds is 3. The molecule has 0 bridgehead atoms. The van der Waals surface area contributed by atoms with E-state index in [4.69, 9.17) is 24.5 Å². The Morgan fingerprint density at radius 3 is 2.62 bits per heavy atom. The summed E-state index contributed by atoms with van der Waals surface area (Å²) in [6.07, 6.45) is 1.55. The topological polar surface area (TPSA) is 92.6 Å². The quantitative estimate of drug-likeness (QED) is 0.903. The van der Waals surface area contributed by atoms with E-state index in [1.807, 2.05) is 0 Å². The third-order valence-corrected chi connectivity index (χ3v) is 3.82. The Balaban J connectivity index is 1.99. The van der Waals surface area contributed by atoms with Crippen molar-refractivity contribution in [1.82, 2.24) is 10.1 Å². The Bertz CT molecular complexity index is 675. The minimum Gasteiger partial charge on any atom is -0.492 e. The molecule has 1 aromatic carbocycles. The van der Waals surface area contributed by atoms with Gasteiger partial charge in [0.15, 0.2) is 11.5 Å². The highest BCUT2D eigenvalue weighted by atomic mass is 16.5. The van der Waals surface area contributed by atoms with Crippen LogP contribution in [0.1, 0.15) is 17.0 Å². The van der Waals surface area contributed by atoms with Gasteiger partial charge < -0.3 is 24.5 Å². The predicted octanol–water partition coefficient (Wildman–Crippen LogP) is 1.07. The first-order valence-corrected chi connectivity index (χ1v) is 6.87. The Morgan fingerprint density at radius 2 is 1.90 bits per heavy atom. The highest BCUT2D eigenvalue weighted by Gasteiger charge is 2.34. The van der Waals surface area contributed by atoms with Crippen molar-refractivity contribution in [3.05, 3.63) is 17.0 Å². The van der Waals surface area contributed by atoms with Crippen molar-refractivity contribution < 1.29 is 18.7 Å². The van der Waals surface area contributed by atoms with Crippen LogP contribution in [0.2, 0.25) is 0 Å². The van der Waals surface area contributed by atoms with Gasteiger partial charge in [0, 0.05) is 24.0 Å². The van der Waals surface area contributed by atoms with E-state index in [1.54, 1.807) is 7.11 Å². The molecule has 0 atom stereocenters. The van der Waals surface area contributed by atoms with Gasteiger partial charge in [0.2, 0.25) is 11.7 Å². The molecule has 2 N–H and O–H groups in total. The van der Waals surface area contributed by atoms with Gasteiger partial charge >= 0.3 is 0 Å². The largest absolute Gasteiger partial charge is 0.492 e. The second-order valence-electron chi connectivity index (χ2n) is 4.94. The summed E-state index contributed by atoms with van der Waals surface area (Å²) in [6, 6.07) is 0. The van der Waals surface area contributed by atoms with Crippen LogP contribution in [0.5, 0.6) is 17.2 Å². The van der Waals surface area contributed by atoms with Crippen LogP contribution in [0.25, 0.3) is 11.4 Å². The van der Waals surface area contributed by atoms with Crippen LogP contribution in [0, 0.1) is 0 Å². The molecular formula is C14H15N3O4. The molecule has 7 nitrogen and oxygen atoms in total. The molecule has 3 heterocycles. The lowest BCUT2D eigenvalue weighted by Gasteiger charge is -2.14. The molecule has 110 valence electrons. The fourth-order valence-electron chi connectivity index (χ4n) is 2.96. The van der Waals surface area contributed by atoms with Gasteiger partial charge in [-0.05, 0) is 0 Å². The van der Waals surface area contributed by atoms with E-state index in [0.29, 0.717) is 24.9 Å². The zero-order chi connectivity index (χ0) is 14.4. The molecule has 1 aromatic heterocycles. The summed E-state index contributed by atoms with van der Waals surface area (Å²) in [5, 5.41) is 4.03. The third kappa shape index (κ3) is 1.70. The molecule has 0 saturated heterocycles. The van der Waals surface area contributed by atoms with Gasteiger partial charge in [-0.25, -0.2) is 0 Å². The Kier molecular flexibility index (Phi) is 2.75. The minimum absolute atomic E-state index is 0.213. The SMILES string of the molecule is COc1c2c(c(-c3noc(CN)n3)c3c1OCC3)OCC2. The monoisotopic (exact) mass is 289 g/mol. The lowest BCUT2D eigenvalue weighted by atomic mass is 9.98. The Morgan fingerprint density at radius 1 is 1.14 bits per heavy atom. The number of benzene rings is 1. The highest BCUT2D eigenvalue weighted by molar-refractivity contribution is 5.79. The van der Waals surface area contributed by atoms with Crippen LogP contribution in [0.4, 0.5) is 0 Å². The van der Waals surface area contributed by atoms with E-state index < -0.39 is 0 Å². The number of nitrogens with zero attached hydrogens (tertiary/aromatic N) is 2.